The molecule has 1 unspecified atom stereocenters. The molecule has 0 saturated carbocycles. The Kier molecular flexibility index (Phi) is 6.74. The number of carbonyl (C=O) groups is 1. The highest BCUT2D eigenvalue weighted by Crippen LogP contribution is 1.92. The lowest BCUT2D eigenvalue weighted by Gasteiger charge is -2.21. The predicted molar refractivity (Wildman–Crippen MR) is 59.7 cm³/mol. The predicted octanol–water partition coefficient (Wildman–Crippen LogP) is -0.179. The minimum absolute atomic E-state index is 0.0712. The van der Waals surface area contributed by atoms with E-state index in [4.69, 9.17) is 0 Å². The molecule has 0 heterocycles. The molecule has 0 aromatic heterocycles. The molecule has 14 heavy (non-hydrogen) atoms. The van der Waals surface area contributed by atoms with E-state index in [1.807, 2.05) is 13.8 Å². The van der Waals surface area contributed by atoms with Crippen LogP contribution in [0.1, 0.15) is 13.8 Å². The lowest BCUT2D eigenvalue weighted by atomic mass is 10.3. The van der Waals surface area contributed by atoms with E-state index >= 15 is 0 Å². The Morgan fingerprint density at radius 3 is 2.50 bits per heavy atom. The minimum atomic E-state index is -0.787. The number of likely N-dealkylation sites (N-methyl/N-ethyl adjacent to an activating group) is 1. The number of nitrogens with one attached hydrogen (secondary N) is 1. The monoisotopic (exact) mass is 220 g/mol. The fraction of sp³-hybridized carbons (Fsp3) is 0.889. The Labute approximate surface area is 88.5 Å². The Bertz CT molecular complexity index is 207. The highest BCUT2D eigenvalue weighted by atomic mass is 32.2. The lowest BCUT2D eigenvalue weighted by molar-refractivity contribution is -0.130. The maximum Gasteiger partial charge on any atom is 0.236 e. The molecule has 1 amide bonds. The van der Waals surface area contributed by atoms with Crippen LogP contribution in [0.3, 0.4) is 0 Å². The van der Waals surface area contributed by atoms with Gasteiger partial charge in [-0.05, 0) is 13.8 Å². The zero-order chi connectivity index (χ0) is 11.1. The van der Waals surface area contributed by atoms with Crippen molar-refractivity contribution in [1.29, 1.82) is 0 Å². The molecule has 0 radical (unpaired) electrons. The second kappa shape index (κ2) is 6.95. The van der Waals surface area contributed by atoms with Crippen LogP contribution >= 0.6 is 0 Å². The van der Waals surface area contributed by atoms with Gasteiger partial charge >= 0.3 is 0 Å². The summed E-state index contributed by atoms with van der Waals surface area (Å²) in [6.45, 7) is 4.89. The third kappa shape index (κ3) is 6.10. The largest absolute Gasteiger partial charge is 0.342 e. The van der Waals surface area contributed by atoms with Gasteiger partial charge in [0.2, 0.25) is 5.91 Å². The van der Waals surface area contributed by atoms with Crippen molar-refractivity contribution in [2.24, 2.45) is 0 Å². The number of nitrogens with zero attached hydrogens (tertiary/aromatic N) is 1. The van der Waals surface area contributed by atoms with Crippen molar-refractivity contribution in [2.75, 3.05) is 32.1 Å². The summed E-state index contributed by atoms with van der Waals surface area (Å²) in [7, 11) is 0.997. The quantitative estimate of drug-likeness (QED) is 0.632. The van der Waals surface area contributed by atoms with Crippen LogP contribution in [-0.4, -0.2) is 53.2 Å². The first kappa shape index (κ1) is 13.6. The minimum Gasteiger partial charge on any atom is -0.342 e. The average Bonchev–Trinajstić information content (AvgIpc) is 2.10. The van der Waals surface area contributed by atoms with Gasteiger partial charge in [-0.3, -0.25) is 9.00 Å². The summed E-state index contributed by atoms with van der Waals surface area (Å²) in [6.07, 6.45) is 1.66. The lowest BCUT2D eigenvalue weighted by Crippen LogP contribution is -2.40. The van der Waals surface area contributed by atoms with Crippen molar-refractivity contribution >= 4 is 16.7 Å². The Morgan fingerprint density at radius 1 is 1.50 bits per heavy atom. The summed E-state index contributed by atoms with van der Waals surface area (Å²) >= 11 is 0. The van der Waals surface area contributed by atoms with Crippen LogP contribution in [-0.2, 0) is 15.6 Å². The molecule has 1 N–H and O–H groups in total. The maximum absolute atomic E-state index is 11.4. The molecule has 0 aromatic carbocycles. The van der Waals surface area contributed by atoms with Crippen molar-refractivity contribution in [3.8, 4) is 0 Å². The molecule has 0 fully saturated rings. The van der Waals surface area contributed by atoms with Gasteiger partial charge in [0.25, 0.3) is 0 Å². The third-order valence-electron chi connectivity index (χ3n) is 2.01. The fourth-order valence-electron chi connectivity index (χ4n) is 0.824. The molecule has 0 aliphatic heterocycles. The van der Waals surface area contributed by atoms with Gasteiger partial charge in [-0.15, -0.1) is 0 Å². The van der Waals surface area contributed by atoms with Crippen molar-refractivity contribution in [1.82, 2.24) is 10.2 Å². The van der Waals surface area contributed by atoms with E-state index in [-0.39, 0.29) is 11.9 Å². The number of hydrogen-bond donors (Lipinski definition) is 1. The average molecular weight is 220 g/mol. The Balaban J connectivity index is 3.59. The number of carbonyl (C=O) groups excluding carboxylic acids is 1. The van der Waals surface area contributed by atoms with Gasteiger partial charge in [0.05, 0.1) is 6.54 Å². The summed E-state index contributed by atoms with van der Waals surface area (Å²) in [5, 5.41) is 2.97. The van der Waals surface area contributed by atoms with Crippen LogP contribution in [0.4, 0.5) is 0 Å². The van der Waals surface area contributed by atoms with Gasteiger partial charge in [0.15, 0.2) is 0 Å². The van der Waals surface area contributed by atoms with Crippen molar-refractivity contribution in [2.45, 2.75) is 19.9 Å². The van der Waals surface area contributed by atoms with E-state index in [0.717, 1.165) is 0 Å². The van der Waals surface area contributed by atoms with E-state index in [0.29, 0.717) is 18.8 Å². The maximum atomic E-state index is 11.4. The third-order valence-corrected chi connectivity index (χ3v) is 2.79. The second-order valence-electron chi connectivity index (χ2n) is 3.55. The molecule has 0 rings (SSSR count). The molecule has 0 bridgehead atoms. The smallest absolute Gasteiger partial charge is 0.236 e. The van der Waals surface area contributed by atoms with E-state index in [1.165, 1.54) is 0 Å². The molecule has 0 saturated heterocycles. The van der Waals surface area contributed by atoms with Crippen LogP contribution in [0.15, 0.2) is 0 Å². The first-order valence-electron chi connectivity index (χ1n) is 4.71. The first-order valence-corrected chi connectivity index (χ1v) is 6.44. The SMILES string of the molecule is CC(C)N(C)C(=O)CNCCS(C)=O. The molecule has 4 nitrogen and oxygen atoms in total. The normalized spacial score (nSPS) is 12.9. The van der Waals surface area contributed by atoms with Gasteiger partial charge in [-0.25, -0.2) is 0 Å². The zero-order valence-corrected chi connectivity index (χ0v) is 10.2. The van der Waals surface area contributed by atoms with Crippen LogP contribution in [0.5, 0.6) is 0 Å². The molecule has 0 spiro atoms. The van der Waals surface area contributed by atoms with E-state index in [2.05, 4.69) is 5.32 Å². The van der Waals surface area contributed by atoms with Gasteiger partial charge in [0.1, 0.15) is 0 Å². The van der Waals surface area contributed by atoms with Gasteiger partial charge in [-0.1, -0.05) is 0 Å². The molecule has 0 aliphatic rings. The Morgan fingerprint density at radius 2 is 2.07 bits per heavy atom. The molecular formula is C9H20N2O2S. The highest BCUT2D eigenvalue weighted by molar-refractivity contribution is 7.84. The topological polar surface area (TPSA) is 49.4 Å². The zero-order valence-electron chi connectivity index (χ0n) is 9.37. The summed E-state index contributed by atoms with van der Waals surface area (Å²) < 4.78 is 10.7. The molecule has 0 aliphatic carbocycles. The van der Waals surface area contributed by atoms with Crippen LogP contribution in [0.25, 0.3) is 0 Å². The van der Waals surface area contributed by atoms with Crippen LogP contribution < -0.4 is 5.32 Å². The van der Waals surface area contributed by atoms with Crippen LogP contribution in [0.2, 0.25) is 0 Å². The van der Waals surface area contributed by atoms with Crippen molar-refractivity contribution in [3.63, 3.8) is 0 Å². The van der Waals surface area contributed by atoms with E-state index < -0.39 is 10.8 Å². The summed E-state index contributed by atoms with van der Waals surface area (Å²) in [5.74, 6) is 0.667. The van der Waals surface area contributed by atoms with E-state index in [9.17, 15) is 9.00 Å². The van der Waals surface area contributed by atoms with Gasteiger partial charge < -0.3 is 10.2 Å². The number of hydrogen-bond acceptors (Lipinski definition) is 3. The van der Waals surface area contributed by atoms with E-state index in [1.54, 1.807) is 18.2 Å². The number of rotatable bonds is 6. The molecular weight excluding hydrogens is 200 g/mol. The summed E-state index contributed by atoms with van der Waals surface area (Å²) in [6, 6.07) is 0.226. The molecule has 5 heteroatoms. The second-order valence-corrected chi connectivity index (χ2v) is 5.11. The summed E-state index contributed by atoms with van der Waals surface area (Å²) in [5.41, 5.74) is 0. The standard InChI is InChI=1S/C9H20N2O2S/c1-8(2)11(3)9(12)7-10-5-6-14(4)13/h8,10H,5-7H2,1-4H3. The van der Waals surface area contributed by atoms with Crippen molar-refractivity contribution in [3.05, 3.63) is 0 Å². The van der Waals surface area contributed by atoms with Gasteiger partial charge in [-0.2, -0.15) is 0 Å². The number of amides is 1. The first-order chi connectivity index (χ1) is 6.45. The fourth-order valence-corrected chi connectivity index (χ4v) is 1.26. The summed E-state index contributed by atoms with van der Waals surface area (Å²) in [4.78, 5) is 13.1. The molecule has 0 aromatic rings. The highest BCUT2D eigenvalue weighted by Gasteiger charge is 2.10. The Hall–Kier alpha value is -0.420. The van der Waals surface area contributed by atoms with Crippen molar-refractivity contribution < 1.29 is 9.00 Å². The molecule has 84 valence electrons. The van der Waals surface area contributed by atoms with Gasteiger partial charge in [0, 0.05) is 42.4 Å². The molecule has 1 atom stereocenters. The van der Waals surface area contributed by atoms with Crippen LogP contribution in [0, 0.1) is 0 Å².